The minimum absolute atomic E-state index is 0.0890. The number of ether oxygens (including phenoxy) is 1. The van der Waals surface area contributed by atoms with Crippen LogP contribution in [0, 0.1) is 0 Å². The van der Waals surface area contributed by atoms with Crippen molar-refractivity contribution in [2.45, 2.75) is 25.4 Å². The molecule has 1 unspecified atom stereocenters. The Morgan fingerprint density at radius 3 is 2.81 bits per heavy atom. The number of para-hydroxylation sites is 1. The zero-order valence-corrected chi connectivity index (χ0v) is 17.4. The highest BCUT2D eigenvalue weighted by atomic mass is 16.5. The van der Waals surface area contributed by atoms with Crippen molar-refractivity contribution in [3.05, 3.63) is 65.9 Å². The van der Waals surface area contributed by atoms with Crippen LogP contribution in [-0.2, 0) is 16.0 Å². The number of nitrogens with zero attached hydrogens (tertiary/aromatic N) is 2. The van der Waals surface area contributed by atoms with E-state index in [1.54, 1.807) is 18.3 Å². The predicted octanol–water partition coefficient (Wildman–Crippen LogP) is 3.29. The van der Waals surface area contributed by atoms with Gasteiger partial charge in [0.15, 0.2) is 0 Å². The van der Waals surface area contributed by atoms with Gasteiger partial charge < -0.3 is 20.7 Å². The number of aromatic nitrogens is 2. The van der Waals surface area contributed by atoms with Gasteiger partial charge in [-0.1, -0.05) is 18.2 Å². The Labute approximate surface area is 185 Å². The van der Waals surface area contributed by atoms with Crippen LogP contribution in [0.3, 0.4) is 0 Å². The van der Waals surface area contributed by atoms with E-state index in [0.717, 1.165) is 47.6 Å². The van der Waals surface area contributed by atoms with Crippen molar-refractivity contribution in [3.63, 3.8) is 0 Å². The average Bonchev–Trinajstić information content (AvgIpc) is 3.28. The fourth-order valence-corrected chi connectivity index (χ4v) is 3.94. The molecule has 3 aromatic rings. The Morgan fingerprint density at radius 2 is 2.00 bits per heavy atom. The topological polar surface area (TPSA) is 105 Å². The van der Waals surface area contributed by atoms with Gasteiger partial charge in [-0.15, -0.1) is 0 Å². The molecule has 1 saturated heterocycles. The van der Waals surface area contributed by atoms with Crippen LogP contribution in [-0.4, -0.2) is 41.0 Å². The first kappa shape index (κ1) is 20.1. The molecule has 0 aliphatic carbocycles. The van der Waals surface area contributed by atoms with Crippen molar-refractivity contribution >= 4 is 29.1 Å². The molecule has 2 aliphatic heterocycles. The van der Waals surface area contributed by atoms with E-state index in [1.807, 2.05) is 36.4 Å². The SMILES string of the molecule is O=C1Cc2cnc(Nc3ccc(C(=O)NCC4CCCO4)cc3)nc2-c2ccccc2N1. The van der Waals surface area contributed by atoms with Crippen LogP contribution in [0.1, 0.15) is 28.8 Å². The third-order valence-electron chi connectivity index (χ3n) is 5.59. The molecule has 3 N–H and O–H groups in total. The van der Waals surface area contributed by atoms with Gasteiger partial charge in [-0.3, -0.25) is 9.59 Å². The number of fused-ring (bicyclic) bond motifs is 3. The lowest BCUT2D eigenvalue weighted by Gasteiger charge is -2.12. The first-order chi connectivity index (χ1) is 15.7. The van der Waals surface area contributed by atoms with Crippen molar-refractivity contribution in [2.24, 2.45) is 0 Å². The molecule has 8 heteroatoms. The number of carbonyl (C=O) groups is 2. The van der Waals surface area contributed by atoms with Gasteiger partial charge in [0, 0.05) is 41.7 Å². The lowest BCUT2D eigenvalue weighted by atomic mass is 10.1. The standard InChI is InChI=1S/C24H23N5O3/c30-21-12-16-13-26-24(29-22(16)19-5-1-2-6-20(19)28-21)27-17-9-7-15(8-10-17)23(31)25-14-18-4-3-11-32-18/h1-2,5-10,13,18H,3-4,11-12,14H2,(H,25,31)(H,28,30)(H,26,27,29). The fourth-order valence-electron chi connectivity index (χ4n) is 3.94. The monoisotopic (exact) mass is 429 g/mol. The number of nitrogens with one attached hydrogen (secondary N) is 3. The van der Waals surface area contributed by atoms with E-state index in [2.05, 4.69) is 25.9 Å². The summed E-state index contributed by atoms with van der Waals surface area (Å²) in [7, 11) is 0. The summed E-state index contributed by atoms with van der Waals surface area (Å²) in [6.45, 7) is 1.30. The van der Waals surface area contributed by atoms with Crippen molar-refractivity contribution in [1.82, 2.24) is 15.3 Å². The predicted molar refractivity (Wildman–Crippen MR) is 121 cm³/mol. The highest BCUT2D eigenvalue weighted by molar-refractivity contribution is 6.00. The molecular formula is C24H23N5O3. The largest absolute Gasteiger partial charge is 0.376 e. The molecule has 1 atom stereocenters. The maximum Gasteiger partial charge on any atom is 0.251 e. The van der Waals surface area contributed by atoms with Crippen LogP contribution >= 0.6 is 0 Å². The second-order valence-electron chi connectivity index (χ2n) is 7.89. The number of anilines is 3. The highest BCUT2D eigenvalue weighted by Crippen LogP contribution is 2.32. The summed E-state index contributed by atoms with van der Waals surface area (Å²) in [5.41, 5.74) is 4.43. The summed E-state index contributed by atoms with van der Waals surface area (Å²) < 4.78 is 5.54. The highest BCUT2D eigenvalue weighted by Gasteiger charge is 2.21. The van der Waals surface area contributed by atoms with Crippen LogP contribution in [0.25, 0.3) is 11.3 Å². The summed E-state index contributed by atoms with van der Waals surface area (Å²) in [5, 5.41) is 9.01. The molecule has 3 heterocycles. The molecule has 0 bridgehead atoms. The molecule has 0 spiro atoms. The third-order valence-corrected chi connectivity index (χ3v) is 5.59. The summed E-state index contributed by atoms with van der Waals surface area (Å²) in [6, 6.07) is 14.7. The summed E-state index contributed by atoms with van der Waals surface area (Å²) >= 11 is 0. The van der Waals surface area contributed by atoms with E-state index >= 15 is 0 Å². The van der Waals surface area contributed by atoms with Crippen LogP contribution in [0.4, 0.5) is 17.3 Å². The first-order valence-corrected chi connectivity index (χ1v) is 10.7. The minimum Gasteiger partial charge on any atom is -0.376 e. The molecule has 5 rings (SSSR count). The van der Waals surface area contributed by atoms with Crippen molar-refractivity contribution in [2.75, 3.05) is 23.8 Å². The number of amides is 2. The van der Waals surface area contributed by atoms with Crippen molar-refractivity contribution in [1.29, 1.82) is 0 Å². The molecule has 1 aromatic heterocycles. The summed E-state index contributed by atoms with van der Waals surface area (Å²) in [6.07, 6.45) is 4.04. The van der Waals surface area contributed by atoms with Gasteiger partial charge in [0.25, 0.3) is 5.91 Å². The first-order valence-electron chi connectivity index (χ1n) is 10.7. The Morgan fingerprint density at radius 1 is 1.16 bits per heavy atom. The number of hydrogen-bond donors (Lipinski definition) is 3. The van der Waals surface area contributed by atoms with Gasteiger partial charge in [0.05, 0.1) is 23.9 Å². The Balaban J connectivity index is 1.30. The third kappa shape index (κ3) is 4.31. The number of rotatable bonds is 5. The van der Waals surface area contributed by atoms with Gasteiger partial charge in [0.2, 0.25) is 11.9 Å². The van der Waals surface area contributed by atoms with Crippen LogP contribution in [0.2, 0.25) is 0 Å². The molecule has 162 valence electrons. The molecule has 1 fully saturated rings. The molecule has 0 saturated carbocycles. The number of hydrogen-bond acceptors (Lipinski definition) is 6. The van der Waals surface area contributed by atoms with E-state index in [-0.39, 0.29) is 24.3 Å². The minimum atomic E-state index is -0.123. The van der Waals surface area contributed by atoms with E-state index in [1.165, 1.54) is 0 Å². The Hall–Kier alpha value is -3.78. The van der Waals surface area contributed by atoms with Crippen LogP contribution < -0.4 is 16.0 Å². The van der Waals surface area contributed by atoms with Crippen molar-refractivity contribution < 1.29 is 14.3 Å². The Bertz CT molecular complexity index is 1160. The molecule has 2 aromatic carbocycles. The maximum absolute atomic E-state index is 12.4. The molecular weight excluding hydrogens is 406 g/mol. The van der Waals surface area contributed by atoms with Gasteiger partial charge in [-0.05, 0) is 43.2 Å². The van der Waals surface area contributed by atoms with Gasteiger partial charge in [-0.25, -0.2) is 9.97 Å². The van der Waals surface area contributed by atoms with Gasteiger partial charge in [-0.2, -0.15) is 0 Å². The quantitative estimate of drug-likeness (QED) is 0.575. The average molecular weight is 429 g/mol. The normalized spacial score (nSPS) is 17.0. The zero-order valence-electron chi connectivity index (χ0n) is 17.4. The maximum atomic E-state index is 12.4. The lowest BCUT2D eigenvalue weighted by molar-refractivity contribution is -0.115. The van der Waals surface area contributed by atoms with E-state index in [9.17, 15) is 9.59 Å². The van der Waals surface area contributed by atoms with E-state index in [4.69, 9.17) is 4.74 Å². The van der Waals surface area contributed by atoms with Crippen molar-refractivity contribution in [3.8, 4) is 11.3 Å². The Kier molecular flexibility index (Phi) is 5.51. The van der Waals surface area contributed by atoms with Gasteiger partial charge in [0.1, 0.15) is 0 Å². The summed E-state index contributed by atoms with van der Waals surface area (Å²) in [4.78, 5) is 33.6. The number of carbonyl (C=O) groups excluding carboxylic acids is 2. The smallest absolute Gasteiger partial charge is 0.251 e. The van der Waals surface area contributed by atoms with E-state index in [0.29, 0.717) is 18.1 Å². The molecule has 2 aliphatic rings. The molecule has 0 radical (unpaired) electrons. The second-order valence-corrected chi connectivity index (χ2v) is 7.89. The summed E-state index contributed by atoms with van der Waals surface area (Å²) in [5.74, 6) is 0.208. The molecule has 2 amide bonds. The molecule has 8 nitrogen and oxygen atoms in total. The van der Waals surface area contributed by atoms with Gasteiger partial charge >= 0.3 is 0 Å². The van der Waals surface area contributed by atoms with E-state index < -0.39 is 0 Å². The zero-order chi connectivity index (χ0) is 21.9. The molecule has 32 heavy (non-hydrogen) atoms. The van der Waals surface area contributed by atoms with Crippen LogP contribution in [0.15, 0.2) is 54.7 Å². The lowest BCUT2D eigenvalue weighted by Crippen LogP contribution is -2.31. The van der Waals surface area contributed by atoms with Crippen LogP contribution in [0.5, 0.6) is 0 Å². The fraction of sp³-hybridized carbons (Fsp3) is 0.250. The number of benzene rings is 2. The second kappa shape index (κ2) is 8.76.